The minimum absolute atomic E-state index is 0.358. The monoisotopic (exact) mass is 399 g/mol. The quantitative estimate of drug-likeness (QED) is 0.431. The van der Waals surface area contributed by atoms with Gasteiger partial charge in [0, 0.05) is 23.3 Å². The summed E-state index contributed by atoms with van der Waals surface area (Å²) in [6.07, 6.45) is 10.1. The fourth-order valence-corrected chi connectivity index (χ4v) is 5.54. The van der Waals surface area contributed by atoms with Gasteiger partial charge >= 0.3 is 0 Å². The Labute approximate surface area is 184 Å². The Kier molecular flexibility index (Phi) is 4.35. The lowest BCUT2D eigenvalue weighted by Crippen LogP contribution is -2.37. The van der Waals surface area contributed by atoms with Crippen molar-refractivity contribution in [3.8, 4) is 0 Å². The fraction of sp³-hybridized carbons (Fsp3) is 0.167. The third-order valence-corrected chi connectivity index (χ3v) is 6.98. The highest BCUT2D eigenvalue weighted by Gasteiger charge is 2.43. The molecule has 6 rings (SSSR count). The van der Waals surface area contributed by atoms with Crippen molar-refractivity contribution in [3.63, 3.8) is 0 Å². The molecule has 3 aromatic carbocycles. The van der Waals surface area contributed by atoms with Crippen molar-refractivity contribution in [1.29, 1.82) is 0 Å². The average molecular weight is 400 g/mol. The van der Waals surface area contributed by atoms with Crippen LogP contribution in [0.5, 0.6) is 0 Å². The first-order valence-electron chi connectivity index (χ1n) is 11.2. The molecule has 0 fully saturated rings. The average Bonchev–Trinajstić information content (AvgIpc) is 2.82. The van der Waals surface area contributed by atoms with E-state index in [0.29, 0.717) is 17.8 Å². The van der Waals surface area contributed by atoms with E-state index in [-0.39, 0.29) is 0 Å². The molecule has 3 aromatic rings. The zero-order chi connectivity index (χ0) is 20.8. The van der Waals surface area contributed by atoms with Gasteiger partial charge in [0.25, 0.3) is 0 Å². The zero-order valence-electron chi connectivity index (χ0n) is 17.7. The predicted octanol–water partition coefficient (Wildman–Crippen LogP) is 7.23. The molecule has 0 aromatic heterocycles. The number of rotatable bonds is 2. The van der Waals surface area contributed by atoms with Crippen molar-refractivity contribution in [3.05, 3.63) is 131 Å². The van der Waals surface area contributed by atoms with E-state index in [1.807, 2.05) is 0 Å². The van der Waals surface area contributed by atoms with Gasteiger partial charge in [-0.15, -0.1) is 0 Å². The van der Waals surface area contributed by atoms with Crippen molar-refractivity contribution >= 4 is 17.0 Å². The number of nitrogens with zero attached hydrogens (tertiary/aromatic N) is 1. The molecule has 0 amide bonds. The first kappa shape index (κ1) is 18.3. The molecule has 1 aliphatic heterocycles. The van der Waals surface area contributed by atoms with E-state index in [1.54, 1.807) is 0 Å². The molecule has 0 spiro atoms. The summed E-state index contributed by atoms with van der Waals surface area (Å²) in [6.45, 7) is 2.16. The minimum atomic E-state index is 0.358. The summed E-state index contributed by atoms with van der Waals surface area (Å²) in [5, 5.41) is 0. The Morgan fingerprint density at radius 2 is 1.58 bits per heavy atom. The zero-order valence-corrected chi connectivity index (χ0v) is 17.7. The second kappa shape index (κ2) is 7.35. The van der Waals surface area contributed by atoms with Gasteiger partial charge in [0.05, 0.1) is 11.4 Å². The number of para-hydroxylation sites is 1. The highest BCUT2D eigenvalue weighted by molar-refractivity contribution is 6.28. The summed E-state index contributed by atoms with van der Waals surface area (Å²) in [5.74, 6) is 1.10. The molecule has 1 nitrogen and oxygen atoms in total. The Balaban J connectivity index is 1.63. The molecule has 1 heteroatoms. The Morgan fingerprint density at radius 3 is 2.42 bits per heavy atom. The van der Waals surface area contributed by atoms with Crippen LogP contribution in [0.4, 0.5) is 5.69 Å². The molecule has 3 unspecified atom stereocenters. The van der Waals surface area contributed by atoms with Gasteiger partial charge in [0.1, 0.15) is 0 Å². The van der Waals surface area contributed by atoms with E-state index >= 15 is 0 Å². The van der Waals surface area contributed by atoms with E-state index in [1.165, 1.54) is 39.1 Å². The third-order valence-electron chi connectivity index (χ3n) is 6.98. The normalized spacial score (nSPS) is 23.6. The molecule has 0 saturated heterocycles. The number of aliphatic imine (C=N–C) groups is 1. The summed E-state index contributed by atoms with van der Waals surface area (Å²) in [6, 6.07) is 28.7. The summed E-state index contributed by atoms with van der Waals surface area (Å²) < 4.78 is 0. The van der Waals surface area contributed by atoms with Crippen LogP contribution in [0.25, 0.3) is 5.57 Å². The third kappa shape index (κ3) is 3.04. The molecule has 0 N–H and O–H groups in total. The van der Waals surface area contributed by atoms with Gasteiger partial charge in [-0.2, -0.15) is 0 Å². The number of hydrogen-bond acceptors (Lipinski definition) is 1. The van der Waals surface area contributed by atoms with Gasteiger partial charge in [0.15, 0.2) is 0 Å². The number of benzene rings is 3. The van der Waals surface area contributed by atoms with Gasteiger partial charge in [-0.3, -0.25) is 4.99 Å². The van der Waals surface area contributed by atoms with E-state index in [2.05, 4.69) is 110 Å². The smallest absolute Gasteiger partial charge is 0.0665 e. The van der Waals surface area contributed by atoms with Crippen molar-refractivity contribution in [2.75, 3.05) is 0 Å². The summed E-state index contributed by atoms with van der Waals surface area (Å²) in [7, 11) is 0. The molecule has 150 valence electrons. The van der Waals surface area contributed by atoms with Gasteiger partial charge in [-0.25, -0.2) is 0 Å². The summed E-state index contributed by atoms with van der Waals surface area (Å²) >= 11 is 0. The lowest BCUT2D eigenvalue weighted by molar-refractivity contribution is 0.452. The standard InChI is InChI=1S/C30H25N/c1-20-15-17-22(18-16-20)28-24-12-6-7-13-25(24)29(21-9-3-2-4-10-21)30-26(28)19-23-11-5-8-14-27(23)31-30/h2-18,24,26,28H,19H2,1H3. The maximum atomic E-state index is 5.31. The maximum absolute atomic E-state index is 5.31. The lowest BCUT2D eigenvalue weighted by atomic mass is 9.61. The molecule has 31 heavy (non-hydrogen) atoms. The molecule has 3 aliphatic rings. The highest BCUT2D eigenvalue weighted by Crippen LogP contribution is 2.52. The molecular weight excluding hydrogens is 374 g/mol. The Morgan fingerprint density at radius 1 is 0.806 bits per heavy atom. The van der Waals surface area contributed by atoms with E-state index in [9.17, 15) is 0 Å². The van der Waals surface area contributed by atoms with E-state index < -0.39 is 0 Å². The summed E-state index contributed by atoms with van der Waals surface area (Å²) in [4.78, 5) is 5.31. The second-order valence-corrected chi connectivity index (χ2v) is 8.84. The van der Waals surface area contributed by atoms with Gasteiger partial charge in [-0.05, 0) is 41.7 Å². The van der Waals surface area contributed by atoms with Crippen molar-refractivity contribution < 1.29 is 0 Å². The summed E-state index contributed by atoms with van der Waals surface area (Å²) in [5.41, 5.74) is 10.5. The molecule has 1 heterocycles. The van der Waals surface area contributed by atoms with Crippen LogP contribution < -0.4 is 0 Å². The molecular formula is C30H25N. The Hall–Kier alpha value is -3.45. The number of hydrogen-bond donors (Lipinski definition) is 0. The predicted molar refractivity (Wildman–Crippen MR) is 130 cm³/mol. The van der Waals surface area contributed by atoms with Crippen LogP contribution in [-0.4, -0.2) is 5.71 Å². The number of allylic oxidation sites excluding steroid dienone is 6. The van der Waals surface area contributed by atoms with Crippen molar-refractivity contribution in [1.82, 2.24) is 0 Å². The fourth-order valence-electron chi connectivity index (χ4n) is 5.54. The van der Waals surface area contributed by atoms with Crippen LogP contribution in [-0.2, 0) is 6.42 Å². The topological polar surface area (TPSA) is 12.4 Å². The van der Waals surface area contributed by atoms with Crippen LogP contribution in [0.1, 0.15) is 28.2 Å². The number of aryl methyl sites for hydroxylation is 1. The molecule has 2 aliphatic carbocycles. The van der Waals surface area contributed by atoms with Crippen molar-refractivity contribution in [2.45, 2.75) is 19.3 Å². The van der Waals surface area contributed by atoms with Crippen molar-refractivity contribution in [2.24, 2.45) is 16.8 Å². The molecule has 3 atom stereocenters. The van der Waals surface area contributed by atoms with Crippen LogP contribution in [0.2, 0.25) is 0 Å². The van der Waals surface area contributed by atoms with Crippen LogP contribution in [0.3, 0.4) is 0 Å². The van der Waals surface area contributed by atoms with Crippen LogP contribution >= 0.6 is 0 Å². The van der Waals surface area contributed by atoms with Crippen LogP contribution in [0, 0.1) is 18.8 Å². The number of fused-ring (bicyclic) bond motifs is 3. The molecule has 0 bridgehead atoms. The van der Waals surface area contributed by atoms with Crippen LogP contribution in [0.15, 0.2) is 114 Å². The molecule has 0 saturated carbocycles. The van der Waals surface area contributed by atoms with Gasteiger partial charge in [0.2, 0.25) is 0 Å². The lowest BCUT2D eigenvalue weighted by Gasteiger charge is -2.43. The van der Waals surface area contributed by atoms with E-state index in [4.69, 9.17) is 4.99 Å². The largest absolute Gasteiger partial charge is 0.252 e. The first-order chi connectivity index (χ1) is 15.3. The minimum Gasteiger partial charge on any atom is -0.252 e. The molecule has 0 radical (unpaired) electrons. The highest BCUT2D eigenvalue weighted by atomic mass is 14.8. The second-order valence-electron chi connectivity index (χ2n) is 8.84. The van der Waals surface area contributed by atoms with Gasteiger partial charge < -0.3 is 0 Å². The van der Waals surface area contributed by atoms with E-state index in [0.717, 1.165) is 12.1 Å². The Bertz CT molecular complexity index is 1260. The van der Waals surface area contributed by atoms with Gasteiger partial charge in [-0.1, -0.05) is 103 Å². The maximum Gasteiger partial charge on any atom is 0.0665 e. The first-order valence-corrected chi connectivity index (χ1v) is 11.2. The SMILES string of the molecule is Cc1ccc(C2C3C=CC=CC3=C(c3ccccc3)C3=Nc4ccccc4CC32)cc1.